The number of fused-ring (bicyclic) bond motifs is 1. The second kappa shape index (κ2) is 9.89. The van der Waals surface area contributed by atoms with Gasteiger partial charge in [-0.05, 0) is 56.7 Å². The number of anilines is 1. The van der Waals surface area contributed by atoms with Crippen molar-refractivity contribution in [1.82, 2.24) is 9.78 Å². The first-order valence-electron chi connectivity index (χ1n) is 12.1. The largest absolute Gasteiger partial charge is 0.494 e. The average Bonchev–Trinajstić information content (AvgIpc) is 3.40. The van der Waals surface area contributed by atoms with E-state index in [1.807, 2.05) is 50.2 Å². The average molecular weight is 510 g/mol. The van der Waals surface area contributed by atoms with E-state index >= 15 is 0 Å². The van der Waals surface area contributed by atoms with Crippen molar-refractivity contribution in [2.75, 3.05) is 12.4 Å². The summed E-state index contributed by atoms with van der Waals surface area (Å²) >= 11 is 0. The van der Waals surface area contributed by atoms with E-state index in [9.17, 15) is 14.7 Å². The Labute approximate surface area is 219 Å². The van der Waals surface area contributed by atoms with Crippen molar-refractivity contribution in [2.24, 2.45) is 0 Å². The van der Waals surface area contributed by atoms with Gasteiger partial charge >= 0.3 is 5.97 Å². The van der Waals surface area contributed by atoms with Gasteiger partial charge in [0, 0.05) is 23.0 Å². The molecule has 2 aromatic heterocycles. The van der Waals surface area contributed by atoms with Gasteiger partial charge in [0.25, 0.3) is 0 Å². The number of carbonyl (C=O) groups is 1. The fourth-order valence-corrected chi connectivity index (χ4v) is 4.66. The van der Waals surface area contributed by atoms with Crippen molar-refractivity contribution in [3.63, 3.8) is 0 Å². The van der Waals surface area contributed by atoms with E-state index in [1.54, 1.807) is 55.4 Å². The molecule has 0 aliphatic carbocycles. The van der Waals surface area contributed by atoms with Gasteiger partial charge in [0.15, 0.2) is 5.43 Å². The Bertz CT molecular complexity index is 1730. The Morgan fingerprint density at radius 2 is 1.84 bits per heavy atom. The molecule has 0 radical (unpaired) electrons. The topological polar surface area (TPSA) is 107 Å². The molecule has 0 amide bonds. The van der Waals surface area contributed by atoms with Crippen LogP contribution in [0.1, 0.15) is 40.0 Å². The molecule has 0 aliphatic heterocycles. The first-order chi connectivity index (χ1) is 18.3. The van der Waals surface area contributed by atoms with Gasteiger partial charge in [-0.3, -0.25) is 4.79 Å². The number of aryl methyl sites for hydroxylation is 1. The number of nitrogens with one attached hydrogen (secondary N) is 1. The Morgan fingerprint density at radius 3 is 2.61 bits per heavy atom. The molecule has 5 aromatic rings. The van der Waals surface area contributed by atoms with E-state index in [2.05, 4.69) is 10.4 Å². The number of hydrogen-bond donors (Lipinski definition) is 2. The Hall–Kier alpha value is -4.85. The molecular formula is C30H27N3O5. The number of ether oxygens (including phenoxy) is 1. The Balaban J connectivity index is 1.63. The zero-order valence-corrected chi connectivity index (χ0v) is 21.5. The number of aromatic carboxylic acids is 1. The summed E-state index contributed by atoms with van der Waals surface area (Å²) in [6.45, 7) is 5.57. The number of para-hydroxylation sites is 3. The first-order valence-corrected chi connectivity index (χ1v) is 12.1. The molecule has 0 saturated carbocycles. The minimum absolute atomic E-state index is 0.130. The molecule has 3 aromatic carbocycles. The molecule has 192 valence electrons. The molecule has 8 nitrogen and oxygen atoms in total. The maximum Gasteiger partial charge on any atom is 0.337 e. The molecule has 0 bridgehead atoms. The van der Waals surface area contributed by atoms with Crippen LogP contribution in [-0.4, -0.2) is 28.0 Å². The highest BCUT2D eigenvalue weighted by Crippen LogP contribution is 2.33. The van der Waals surface area contributed by atoms with E-state index in [-0.39, 0.29) is 17.0 Å². The molecule has 2 N–H and O–H groups in total. The van der Waals surface area contributed by atoms with Crippen LogP contribution in [-0.2, 0) is 0 Å². The van der Waals surface area contributed by atoms with Crippen LogP contribution in [0.3, 0.4) is 0 Å². The summed E-state index contributed by atoms with van der Waals surface area (Å²) in [5.74, 6) is 0.0657. The molecule has 0 saturated heterocycles. The summed E-state index contributed by atoms with van der Waals surface area (Å²) < 4.78 is 13.6. The maximum absolute atomic E-state index is 13.5. The van der Waals surface area contributed by atoms with Crippen LogP contribution < -0.4 is 15.5 Å². The summed E-state index contributed by atoms with van der Waals surface area (Å²) in [6, 6.07) is 17.7. The third-order valence-corrected chi connectivity index (χ3v) is 6.56. The number of carboxylic acids is 1. The van der Waals surface area contributed by atoms with Crippen molar-refractivity contribution < 1.29 is 19.1 Å². The summed E-state index contributed by atoms with van der Waals surface area (Å²) in [5.41, 5.74) is 4.49. The van der Waals surface area contributed by atoms with E-state index in [0.717, 1.165) is 16.8 Å². The smallest absolute Gasteiger partial charge is 0.337 e. The summed E-state index contributed by atoms with van der Waals surface area (Å²) in [7, 11) is 1.60. The molecule has 38 heavy (non-hydrogen) atoms. The Kier molecular flexibility index (Phi) is 6.46. The zero-order chi connectivity index (χ0) is 27.0. The summed E-state index contributed by atoms with van der Waals surface area (Å²) in [6.07, 6.45) is 3.45. The third kappa shape index (κ3) is 4.41. The molecule has 0 aliphatic rings. The number of hydrogen-bond acceptors (Lipinski definition) is 6. The van der Waals surface area contributed by atoms with Crippen LogP contribution in [0.4, 0.5) is 5.69 Å². The minimum Gasteiger partial charge on any atom is -0.494 e. The van der Waals surface area contributed by atoms with Gasteiger partial charge in [-0.15, -0.1) is 0 Å². The number of benzene rings is 3. The fourth-order valence-electron chi connectivity index (χ4n) is 4.66. The van der Waals surface area contributed by atoms with Crippen molar-refractivity contribution in [3.05, 3.63) is 106 Å². The minimum atomic E-state index is -1.02. The van der Waals surface area contributed by atoms with Crippen molar-refractivity contribution in [1.29, 1.82) is 0 Å². The van der Waals surface area contributed by atoms with Crippen molar-refractivity contribution >= 4 is 22.6 Å². The molecule has 0 spiro atoms. The standard InChI is InChI=1S/C30H27N3O5/c1-17-13-22(19(3)32-24-10-6-5-9-21(24)30(35)36)29-23(14-17)27(34)18(2)28(38-29)20-15-31-33(16-20)25-11-7-8-12-26(25)37-4/h5-16,19,32H,1-4H3,(H,35,36)/t19-/m1/s1. The van der Waals surface area contributed by atoms with Crippen LogP contribution in [0.15, 0.2) is 82.3 Å². The lowest BCUT2D eigenvalue weighted by Gasteiger charge is -2.19. The van der Waals surface area contributed by atoms with E-state index in [0.29, 0.717) is 39.3 Å². The predicted molar refractivity (Wildman–Crippen MR) is 147 cm³/mol. The van der Waals surface area contributed by atoms with E-state index in [4.69, 9.17) is 9.15 Å². The maximum atomic E-state index is 13.5. The van der Waals surface area contributed by atoms with Gasteiger partial charge < -0.3 is 19.6 Å². The van der Waals surface area contributed by atoms with Gasteiger partial charge in [-0.25, -0.2) is 9.48 Å². The van der Waals surface area contributed by atoms with E-state index in [1.165, 1.54) is 0 Å². The summed E-state index contributed by atoms with van der Waals surface area (Å²) in [4.78, 5) is 25.2. The number of aromatic nitrogens is 2. The lowest BCUT2D eigenvalue weighted by molar-refractivity contribution is 0.0698. The van der Waals surface area contributed by atoms with Crippen molar-refractivity contribution in [3.8, 4) is 22.8 Å². The van der Waals surface area contributed by atoms with Gasteiger partial charge in [0.05, 0.1) is 35.9 Å². The number of nitrogens with zero attached hydrogens (tertiary/aromatic N) is 2. The highest BCUT2D eigenvalue weighted by Gasteiger charge is 2.21. The summed E-state index contributed by atoms with van der Waals surface area (Å²) in [5, 5.41) is 17.8. The fraction of sp³-hybridized carbons (Fsp3) is 0.167. The molecule has 8 heteroatoms. The van der Waals surface area contributed by atoms with Crippen LogP contribution in [0.5, 0.6) is 5.75 Å². The molecule has 0 unspecified atom stereocenters. The molecule has 2 heterocycles. The van der Waals surface area contributed by atoms with Gasteiger partial charge in [0.2, 0.25) is 0 Å². The molecular weight excluding hydrogens is 482 g/mol. The lowest BCUT2D eigenvalue weighted by Crippen LogP contribution is -2.14. The highest BCUT2D eigenvalue weighted by atomic mass is 16.5. The SMILES string of the molecule is COc1ccccc1-n1cc(-c2oc3c([C@@H](C)Nc4ccccc4C(=O)O)cc(C)cc3c(=O)c2C)cn1. The zero-order valence-electron chi connectivity index (χ0n) is 21.5. The molecule has 5 rings (SSSR count). The molecule has 1 atom stereocenters. The van der Waals surface area contributed by atoms with Crippen LogP contribution in [0.2, 0.25) is 0 Å². The number of methoxy groups -OCH3 is 1. The van der Waals surface area contributed by atoms with E-state index < -0.39 is 5.97 Å². The van der Waals surface area contributed by atoms with Crippen LogP contribution >= 0.6 is 0 Å². The highest BCUT2D eigenvalue weighted by molar-refractivity contribution is 5.94. The third-order valence-electron chi connectivity index (χ3n) is 6.56. The second-order valence-electron chi connectivity index (χ2n) is 9.18. The number of rotatable bonds is 7. The van der Waals surface area contributed by atoms with Gasteiger partial charge in [-0.1, -0.05) is 30.3 Å². The van der Waals surface area contributed by atoms with Crippen molar-refractivity contribution in [2.45, 2.75) is 26.8 Å². The van der Waals surface area contributed by atoms with Crippen LogP contribution in [0, 0.1) is 13.8 Å². The predicted octanol–water partition coefficient (Wildman–Crippen LogP) is 6.14. The first kappa shape index (κ1) is 24.8. The van der Waals surface area contributed by atoms with Gasteiger partial charge in [0.1, 0.15) is 22.8 Å². The monoisotopic (exact) mass is 509 g/mol. The molecule has 0 fully saturated rings. The lowest BCUT2D eigenvalue weighted by atomic mass is 9.99. The van der Waals surface area contributed by atoms with Gasteiger partial charge in [-0.2, -0.15) is 5.10 Å². The normalized spacial score (nSPS) is 11.9. The quantitative estimate of drug-likeness (QED) is 0.271. The Morgan fingerprint density at radius 1 is 1.11 bits per heavy atom. The number of carboxylic acid groups (broad SMARTS) is 1. The second-order valence-corrected chi connectivity index (χ2v) is 9.18. The van der Waals surface area contributed by atoms with Crippen LogP contribution in [0.25, 0.3) is 28.0 Å².